The van der Waals surface area contributed by atoms with Gasteiger partial charge in [-0.2, -0.15) is 0 Å². The van der Waals surface area contributed by atoms with Crippen LogP contribution in [0, 0.1) is 0 Å². The Bertz CT molecular complexity index is 551. The molecule has 1 saturated heterocycles. The zero-order valence-corrected chi connectivity index (χ0v) is 14.1. The van der Waals surface area contributed by atoms with Crippen LogP contribution in [-0.4, -0.2) is 36.0 Å². The van der Waals surface area contributed by atoms with Crippen molar-refractivity contribution in [3.05, 3.63) is 36.0 Å². The Balaban J connectivity index is 0.00000147. The molecule has 0 spiro atoms. The minimum atomic E-state index is 0. The van der Waals surface area contributed by atoms with E-state index in [9.17, 15) is 0 Å². The lowest BCUT2D eigenvalue weighted by Crippen LogP contribution is -2.39. The van der Waals surface area contributed by atoms with E-state index in [0.29, 0.717) is 0 Å². The standard InChI is InChI=1S/C15H20N4.HI/c1-16-15(19-8-4-5-9-19)17-11-13-10-12-6-2-3-7-14(12)18-13;/h2-3,6-7,10,18H,4-5,8-9,11H2,1H3,(H,16,17);1H. The Morgan fingerprint density at radius 1 is 1.30 bits per heavy atom. The van der Waals surface area contributed by atoms with E-state index in [1.165, 1.54) is 29.4 Å². The molecule has 2 aromatic rings. The first-order valence-corrected chi connectivity index (χ1v) is 6.89. The maximum atomic E-state index is 4.36. The number of nitrogens with one attached hydrogen (secondary N) is 2. The lowest BCUT2D eigenvalue weighted by Gasteiger charge is -2.20. The van der Waals surface area contributed by atoms with Crippen molar-refractivity contribution in [3.63, 3.8) is 0 Å². The van der Waals surface area contributed by atoms with E-state index in [4.69, 9.17) is 0 Å². The van der Waals surface area contributed by atoms with E-state index in [0.717, 1.165) is 25.6 Å². The van der Waals surface area contributed by atoms with Crippen molar-refractivity contribution >= 4 is 40.8 Å². The summed E-state index contributed by atoms with van der Waals surface area (Å²) >= 11 is 0. The minimum Gasteiger partial charge on any atom is -0.357 e. The largest absolute Gasteiger partial charge is 0.357 e. The van der Waals surface area contributed by atoms with Crippen LogP contribution >= 0.6 is 24.0 Å². The predicted molar refractivity (Wildman–Crippen MR) is 94.7 cm³/mol. The number of hydrogen-bond acceptors (Lipinski definition) is 1. The van der Waals surface area contributed by atoms with Gasteiger partial charge in [0.1, 0.15) is 0 Å². The molecule has 108 valence electrons. The second-order valence-corrected chi connectivity index (χ2v) is 4.98. The summed E-state index contributed by atoms with van der Waals surface area (Å²) in [6.07, 6.45) is 2.54. The van der Waals surface area contributed by atoms with Gasteiger partial charge in [0.15, 0.2) is 5.96 Å². The lowest BCUT2D eigenvalue weighted by molar-refractivity contribution is 0.493. The SMILES string of the molecule is CN=C(NCc1cc2ccccc2[nH]1)N1CCCC1.I. The number of aromatic amines is 1. The van der Waals surface area contributed by atoms with Gasteiger partial charge in [-0.05, 0) is 30.4 Å². The third kappa shape index (κ3) is 3.26. The number of likely N-dealkylation sites (tertiary alicyclic amines) is 1. The fourth-order valence-corrected chi connectivity index (χ4v) is 2.66. The molecule has 4 nitrogen and oxygen atoms in total. The summed E-state index contributed by atoms with van der Waals surface area (Å²) in [7, 11) is 1.85. The zero-order chi connectivity index (χ0) is 13.1. The van der Waals surface area contributed by atoms with E-state index in [1.54, 1.807) is 0 Å². The first-order valence-electron chi connectivity index (χ1n) is 6.89. The Kier molecular flexibility index (Phi) is 5.28. The van der Waals surface area contributed by atoms with Crippen molar-refractivity contribution in [2.24, 2.45) is 4.99 Å². The number of fused-ring (bicyclic) bond motifs is 1. The smallest absolute Gasteiger partial charge is 0.193 e. The summed E-state index contributed by atoms with van der Waals surface area (Å²) in [5, 5.41) is 4.69. The lowest BCUT2D eigenvalue weighted by atomic mass is 10.2. The topological polar surface area (TPSA) is 43.4 Å². The molecular weight excluding hydrogens is 363 g/mol. The molecule has 0 radical (unpaired) electrons. The van der Waals surface area contributed by atoms with Crippen molar-refractivity contribution in [1.82, 2.24) is 15.2 Å². The van der Waals surface area contributed by atoms with Crippen LogP contribution in [0.5, 0.6) is 0 Å². The number of benzene rings is 1. The van der Waals surface area contributed by atoms with E-state index in [2.05, 4.69) is 50.5 Å². The van der Waals surface area contributed by atoms with Gasteiger partial charge in [-0.25, -0.2) is 0 Å². The number of aliphatic imine (C=N–C) groups is 1. The number of hydrogen-bond donors (Lipinski definition) is 2. The normalized spacial score (nSPS) is 15.4. The molecule has 1 fully saturated rings. The number of para-hydroxylation sites is 1. The van der Waals surface area contributed by atoms with Crippen molar-refractivity contribution in [2.75, 3.05) is 20.1 Å². The average molecular weight is 384 g/mol. The number of halogens is 1. The minimum absolute atomic E-state index is 0. The molecular formula is C15H21IN4. The van der Waals surface area contributed by atoms with Crippen LogP contribution in [-0.2, 0) is 6.54 Å². The maximum absolute atomic E-state index is 4.36. The highest BCUT2D eigenvalue weighted by Gasteiger charge is 2.15. The number of aromatic nitrogens is 1. The van der Waals surface area contributed by atoms with Gasteiger partial charge < -0.3 is 15.2 Å². The number of nitrogens with zero attached hydrogens (tertiary/aromatic N) is 2. The Morgan fingerprint density at radius 3 is 2.75 bits per heavy atom. The summed E-state index contributed by atoms with van der Waals surface area (Å²) in [5.41, 5.74) is 2.39. The highest BCUT2D eigenvalue weighted by Crippen LogP contribution is 2.14. The first kappa shape index (κ1) is 15.2. The molecule has 0 aliphatic carbocycles. The molecule has 1 aliphatic heterocycles. The Morgan fingerprint density at radius 2 is 2.05 bits per heavy atom. The van der Waals surface area contributed by atoms with Gasteiger partial charge in [-0.15, -0.1) is 24.0 Å². The van der Waals surface area contributed by atoms with Crippen molar-refractivity contribution in [2.45, 2.75) is 19.4 Å². The van der Waals surface area contributed by atoms with Crippen LogP contribution in [0.25, 0.3) is 10.9 Å². The number of rotatable bonds is 2. The quantitative estimate of drug-likeness (QED) is 0.475. The summed E-state index contributed by atoms with van der Waals surface area (Å²) in [5.74, 6) is 1.01. The molecule has 0 bridgehead atoms. The van der Waals surface area contributed by atoms with Crippen molar-refractivity contribution < 1.29 is 0 Å². The second-order valence-electron chi connectivity index (χ2n) is 4.98. The first-order chi connectivity index (χ1) is 9.36. The van der Waals surface area contributed by atoms with E-state index in [-0.39, 0.29) is 24.0 Å². The van der Waals surface area contributed by atoms with Crippen molar-refractivity contribution in [1.29, 1.82) is 0 Å². The maximum Gasteiger partial charge on any atom is 0.193 e. The van der Waals surface area contributed by atoms with Gasteiger partial charge in [0.2, 0.25) is 0 Å². The van der Waals surface area contributed by atoms with Gasteiger partial charge in [0.25, 0.3) is 0 Å². The van der Waals surface area contributed by atoms with Gasteiger partial charge in [-0.3, -0.25) is 4.99 Å². The fraction of sp³-hybridized carbons (Fsp3) is 0.400. The molecule has 20 heavy (non-hydrogen) atoms. The molecule has 5 heteroatoms. The summed E-state index contributed by atoms with van der Waals surface area (Å²) in [6, 6.07) is 10.5. The van der Waals surface area contributed by atoms with E-state index in [1.807, 2.05) is 7.05 Å². The summed E-state index contributed by atoms with van der Waals surface area (Å²) < 4.78 is 0. The third-order valence-corrected chi connectivity index (χ3v) is 3.64. The third-order valence-electron chi connectivity index (χ3n) is 3.64. The molecule has 2 heterocycles. The van der Waals surface area contributed by atoms with Crippen LogP contribution in [0.3, 0.4) is 0 Å². The van der Waals surface area contributed by atoms with Crippen LogP contribution in [0.4, 0.5) is 0 Å². The molecule has 3 rings (SSSR count). The number of guanidine groups is 1. The highest BCUT2D eigenvalue weighted by atomic mass is 127. The Hall–Kier alpha value is -1.24. The van der Waals surface area contributed by atoms with Gasteiger partial charge in [0.05, 0.1) is 6.54 Å². The molecule has 0 unspecified atom stereocenters. The van der Waals surface area contributed by atoms with Crippen LogP contribution in [0.1, 0.15) is 18.5 Å². The van der Waals surface area contributed by atoms with Crippen LogP contribution in [0.2, 0.25) is 0 Å². The highest BCUT2D eigenvalue weighted by molar-refractivity contribution is 14.0. The van der Waals surface area contributed by atoms with E-state index < -0.39 is 0 Å². The Labute approximate surface area is 136 Å². The van der Waals surface area contributed by atoms with Crippen molar-refractivity contribution in [3.8, 4) is 0 Å². The van der Waals surface area contributed by atoms with Crippen LogP contribution < -0.4 is 5.32 Å². The van der Waals surface area contributed by atoms with Gasteiger partial charge >= 0.3 is 0 Å². The van der Waals surface area contributed by atoms with E-state index >= 15 is 0 Å². The molecule has 1 aromatic carbocycles. The summed E-state index contributed by atoms with van der Waals surface area (Å²) in [4.78, 5) is 10.1. The fourth-order valence-electron chi connectivity index (χ4n) is 2.66. The monoisotopic (exact) mass is 384 g/mol. The summed E-state index contributed by atoms with van der Waals surface area (Å²) in [6.45, 7) is 3.02. The zero-order valence-electron chi connectivity index (χ0n) is 11.7. The average Bonchev–Trinajstić information content (AvgIpc) is 3.08. The predicted octanol–water partition coefficient (Wildman–Crippen LogP) is 2.96. The molecule has 0 saturated carbocycles. The van der Waals surface area contributed by atoms with Crippen LogP contribution in [0.15, 0.2) is 35.3 Å². The molecule has 0 atom stereocenters. The second kappa shape index (κ2) is 6.97. The molecule has 1 aliphatic rings. The molecule has 2 N–H and O–H groups in total. The van der Waals surface area contributed by atoms with Gasteiger partial charge in [0, 0.05) is 31.3 Å². The molecule has 0 amide bonds. The molecule has 1 aromatic heterocycles. The van der Waals surface area contributed by atoms with Gasteiger partial charge in [-0.1, -0.05) is 18.2 Å². The number of H-pyrrole nitrogens is 1.